The van der Waals surface area contributed by atoms with Crippen molar-refractivity contribution in [3.63, 3.8) is 0 Å². The Labute approximate surface area is 89.2 Å². The van der Waals surface area contributed by atoms with E-state index in [1.54, 1.807) is 0 Å². The van der Waals surface area contributed by atoms with Gasteiger partial charge in [-0.3, -0.25) is 4.79 Å². The number of rotatable bonds is 3. The SMILES string of the molecule is CCC1Oc2ccccc2C1CC(N)=O. The van der Waals surface area contributed by atoms with E-state index >= 15 is 0 Å². The molecule has 80 valence electrons. The number of hydrogen-bond acceptors (Lipinski definition) is 2. The van der Waals surface area contributed by atoms with Crippen LogP contribution in [0.15, 0.2) is 24.3 Å². The Morgan fingerprint density at radius 3 is 2.87 bits per heavy atom. The third-order valence-electron chi connectivity index (χ3n) is 2.87. The van der Waals surface area contributed by atoms with Crippen molar-refractivity contribution in [3.8, 4) is 5.75 Å². The number of para-hydroxylation sites is 1. The van der Waals surface area contributed by atoms with Gasteiger partial charge in [-0.25, -0.2) is 0 Å². The predicted octanol–water partition coefficient (Wildman–Crippen LogP) is 1.82. The molecular weight excluding hydrogens is 190 g/mol. The van der Waals surface area contributed by atoms with Gasteiger partial charge in [-0.15, -0.1) is 0 Å². The molecule has 2 N–H and O–H groups in total. The van der Waals surface area contributed by atoms with Gasteiger partial charge in [0.1, 0.15) is 11.9 Å². The van der Waals surface area contributed by atoms with Gasteiger partial charge in [0.25, 0.3) is 0 Å². The number of benzene rings is 1. The van der Waals surface area contributed by atoms with Gasteiger partial charge in [0.2, 0.25) is 5.91 Å². The van der Waals surface area contributed by atoms with Gasteiger partial charge < -0.3 is 10.5 Å². The van der Waals surface area contributed by atoms with E-state index in [1.807, 2.05) is 24.3 Å². The van der Waals surface area contributed by atoms with Crippen molar-refractivity contribution in [2.24, 2.45) is 5.73 Å². The normalized spacial score (nSPS) is 23.3. The number of primary amides is 1. The van der Waals surface area contributed by atoms with Gasteiger partial charge >= 0.3 is 0 Å². The largest absolute Gasteiger partial charge is 0.489 e. The Kier molecular flexibility index (Phi) is 2.62. The fourth-order valence-electron chi connectivity index (χ4n) is 2.17. The molecule has 0 fully saturated rings. The van der Waals surface area contributed by atoms with Gasteiger partial charge in [0.05, 0.1) is 0 Å². The van der Waals surface area contributed by atoms with Crippen LogP contribution in [-0.4, -0.2) is 12.0 Å². The standard InChI is InChI=1S/C12H15NO2/c1-2-10-9(7-12(13)14)8-5-3-4-6-11(8)15-10/h3-6,9-10H,2,7H2,1H3,(H2,13,14). The lowest BCUT2D eigenvalue weighted by Gasteiger charge is -2.15. The molecule has 15 heavy (non-hydrogen) atoms. The van der Waals surface area contributed by atoms with Gasteiger partial charge in [-0.05, 0) is 12.5 Å². The van der Waals surface area contributed by atoms with Crippen molar-refractivity contribution in [3.05, 3.63) is 29.8 Å². The van der Waals surface area contributed by atoms with Crippen LogP contribution in [0.4, 0.5) is 0 Å². The molecule has 2 rings (SSSR count). The lowest BCUT2D eigenvalue weighted by atomic mass is 9.91. The molecule has 0 saturated heterocycles. The molecule has 1 aliphatic heterocycles. The Morgan fingerprint density at radius 2 is 2.20 bits per heavy atom. The van der Waals surface area contributed by atoms with Crippen molar-refractivity contribution in [1.29, 1.82) is 0 Å². The van der Waals surface area contributed by atoms with Crippen molar-refractivity contribution in [2.75, 3.05) is 0 Å². The van der Waals surface area contributed by atoms with Crippen molar-refractivity contribution in [1.82, 2.24) is 0 Å². The summed E-state index contributed by atoms with van der Waals surface area (Å²) in [4.78, 5) is 11.0. The van der Waals surface area contributed by atoms with E-state index in [0.717, 1.165) is 17.7 Å². The van der Waals surface area contributed by atoms with Crippen LogP contribution in [0, 0.1) is 0 Å². The van der Waals surface area contributed by atoms with Crippen LogP contribution in [0.1, 0.15) is 31.2 Å². The molecule has 0 radical (unpaired) electrons. The smallest absolute Gasteiger partial charge is 0.218 e. The van der Waals surface area contributed by atoms with Crippen molar-refractivity contribution >= 4 is 5.91 Å². The van der Waals surface area contributed by atoms with Crippen LogP contribution in [0.2, 0.25) is 0 Å². The quantitative estimate of drug-likeness (QED) is 0.818. The molecule has 1 aromatic carbocycles. The lowest BCUT2D eigenvalue weighted by Crippen LogP contribution is -2.23. The first kappa shape index (κ1) is 10.0. The summed E-state index contributed by atoms with van der Waals surface area (Å²) in [5.41, 5.74) is 6.37. The number of amides is 1. The molecule has 2 atom stereocenters. The first-order chi connectivity index (χ1) is 7.22. The Hall–Kier alpha value is -1.51. The lowest BCUT2D eigenvalue weighted by molar-refractivity contribution is -0.118. The molecule has 2 unspecified atom stereocenters. The maximum Gasteiger partial charge on any atom is 0.218 e. The first-order valence-electron chi connectivity index (χ1n) is 5.26. The summed E-state index contributed by atoms with van der Waals surface area (Å²) in [5, 5.41) is 0. The van der Waals surface area contributed by atoms with Crippen LogP contribution in [-0.2, 0) is 4.79 Å². The maximum atomic E-state index is 11.0. The number of ether oxygens (including phenoxy) is 1. The second kappa shape index (κ2) is 3.93. The number of hydrogen-bond donors (Lipinski definition) is 1. The third-order valence-corrected chi connectivity index (χ3v) is 2.87. The number of carbonyl (C=O) groups excluding carboxylic acids is 1. The minimum absolute atomic E-state index is 0.0925. The summed E-state index contributed by atoms with van der Waals surface area (Å²) in [6.07, 6.45) is 1.36. The van der Waals surface area contributed by atoms with Crippen molar-refractivity contribution < 1.29 is 9.53 Å². The van der Waals surface area contributed by atoms with E-state index in [1.165, 1.54) is 0 Å². The Bertz CT molecular complexity index is 376. The summed E-state index contributed by atoms with van der Waals surface area (Å²) in [5.74, 6) is 0.762. The number of carbonyl (C=O) groups is 1. The fraction of sp³-hybridized carbons (Fsp3) is 0.417. The Balaban J connectivity index is 2.29. The molecule has 1 aliphatic rings. The average molecular weight is 205 g/mol. The van der Waals surface area contributed by atoms with E-state index in [9.17, 15) is 4.79 Å². The van der Waals surface area contributed by atoms with E-state index in [0.29, 0.717) is 6.42 Å². The molecular formula is C12H15NO2. The highest BCUT2D eigenvalue weighted by atomic mass is 16.5. The van der Waals surface area contributed by atoms with Crippen LogP contribution in [0.3, 0.4) is 0 Å². The summed E-state index contributed by atoms with van der Waals surface area (Å²) in [6, 6.07) is 7.87. The summed E-state index contributed by atoms with van der Waals surface area (Å²) in [6.45, 7) is 2.06. The van der Waals surface area contributed by atoms with E-state index in [2.05, 4.69) is 6.92 Å². The zero-order valence-electron chi connectivity index (χ0n) is 8.77. The minimum Gasteiger partial charge on any atom is -0.489 e. The van der Waals surface area contributed by atoms with E-state index in [-0.39, 0.29) is 17.9 Å². The molecule has 1 heterocycles. The molecule has 3 nitrogen and oxygen atoms in total. The fourth-order valence-corrected chi connectivity index (χ4v) is 2.17. The topological polar surface area (TPSA) is 52.3 Å². The molecule has 3 heteroatoms. The monoisotopic (exact) mass is 205 g/mol. The highest BCUT2D eigenvalue weighted by molar-refractivity contribution is 5.75. The highest BCUT2D eigenvalue weighted by Gasteiger charge is 2.33. The zero-order valence-corrected chi connectivity index (χ0v) is 8.77. The van der Waals surface area contributed by atoms with E-state index in [4.69, 9.17) is 10.5 Å². The molecule has 0 spiro atoms. The minimum atomic E-state index is -0.265. The van der Waals surface area contributed by atoms with Crippen LogP contribution in [0.25, 0.3) is 0 Å². The molecule has 0 aromatic heterocycles. The van der Waals surface area contributed by atoms with Crippen molar-refractivity contribution in [2.45, 2.75) is 31.8 Å². The third kappa shape index (κ3) is 1.82. The first-order valence-corrected chi connectivity index (χ1v) is 5.26. The summed E-state index contributed by atoms with van der Waals surface area (Å²) < 4.78 is 5.76. The van der Waals surface area contributed by atoms with Gasteiger partial charge in [-0.2, -0.15) is 0 Å². The van der Waals surface area contributed by atoms with Gasteiger partial charge in [0, 0.05) is 17.9 Å². The molecule has 0 bridgehead atoms. The molecule has 1 amide bonds. The Morgan fingerprint density at radius 1 is 1.47 bits per heavy atom. The van der Waals surface area contributed by atoms with Crippen LogP contribution in [0.5, 0.6) is 5.75 Å². The maximum absolute atomic E-state index is 11.0. The second-order valence-corrected chi connectivity index (χ2v) is 3.88. The molecule has 0 saturated carbocycles. The van der Waals surface area contributed by atoms with Crippen LogP contribution >= 0.6 is 0 Å². The van der Waals surface area contributed by atoms with E-state index < -0.39 is 0 Å². The van der Waals surface area contributed by atoms with Gasteiger partial charge in [0.15, 0.2) is 0 Å². The van der Waals surface area contributed by atoms with Crippen LogP contribution < -0.4 is 10.5 Å². The summed E-state index contributed by atoms with van der Waals surface area (Å²) >= 11 is 0. The number of nitrogens with two attached hydrogens (primary N) is 1. The average Bonchev–Trinajstić information content (AvgIpc) is 2.56. The zero-order chi connectivity index (χ0) is 10.8. The second-order valence-electron chi connectivity index (χ2n) is 3.88. The number of fused-ring (bicyclic) bond motifs is 1. The molecule has 0 aliphatic carbocycles. The highest BCUT2D eigenvalue weighted by Crippen LogP contribution is 2.40. The van der Waals surface area contributed by atoms with Gasteiger partial charge in [-0.1, -0.05) is 25.1 Å². The molecule has 1 aromatic rings. The predicted molar refractivity (Wildman–Crippen MR) is 57.7 cm³/mol. The summed E-state index contributed by atoms with van der Waals surface area (Å²) in [7, 11) is 0.